The number of aromatic nitrogens is 3. The molecule has 0 fully saturated rings. The van der Waals surface area contributed by atoms with Gasteiger partial charge in [-0.1, -0.05) is 19.1 Å². The van der Waals surface area contributed by atoms with Gasteiger partial charge < -0.3 is 9.47 Å². The first-order valence-electron chi connectivity index (χ1n) is 8.65. The molecule has 0 radical (unpaired) electrons. The molecule has 140 valence electrons. The molecule has 0 spiro atoms. The number of ether oxygens (including phenoxy) is 2. The van der Waals surface area contributed by atoms with Gasteiger partial charge in [-0.25, -0.2) is 9.67 Å². The van der Waals surface area contributed by atoms with Crippen LogP contribution in [0.3, 0.4) is 0 Å². The van der Waals surface area contributed by atoms with E-state index in [9.17, 15) is 10.1 Å². The monoisotopic (exact) mass is 368 g/mol. The Balaban J connectivity index is 1.54. The molecule has 0 bridgehead atoms. The lowest BCUT2D eigenvalue weighted by Gasteiger charge is -2.08. The minimum Gasteiger partial charge on any atom is -0.494 e. The Labute approximate surface area is 156 Å². The molecule has 0 unspecified atom stereocenters. The SMILES string of the molecule is CCCOc1ccc(OCCn2cnc(-c3cccc([N+](=O)[O-])c3)n2)cc1. The second kappa shape index (κ2) is 8.79. The van der Waals surface area contributed by atoms with E-state index in [4.69, 9.17) is 9.47 Å². The van der Waals surface area contributed by atoms with Gasteiger partial charge in [-0.2, -0.15) is 5.10 Å². The molecule has 1 heterocycles. The summed E-state index contributed by atoms with van der Waals surface area (Å²) in [6.45, 7) is 3.69. The number of hydrogen-bond acceptors (Lipinski definition) is 6. The topological polar surface area (TPSA) is 92.3 Å². The minimum atomic E-state index is -0.438. The van der Waals surface area contributed by atoms with E-state index < -0.39 is 4.92 Å². The van der Waals surface area contributed by atoms with Gasteiger partial charge in [-0.3, -0.25) is 10.1 Å². The first-order chi connectivity index (χ1) is 13.2. The van der Waals surface area contributed by atoms with Crippen molar-refractivity contribution in [3.63, 3.8) is 0 Å². The summed E-state index contributed by atoms with van der Waals surface area (Å²) in [6, 6.07) is 13.7. The van der Waals surface area contributed by atoms with Crippen molar-refractivity contribution < 1.29 is 14.4 Å². The largest absolute Gasteiger partial charge is 0.494 e. The minimum absolute atomic E-state index is 0.0125. The zero-order valence-electron chi connectivity index (χ0n) is 14.9. The smallest absolute Gasteiger partial charge is 0.270 e. The summed E-state index contributed by atoms with van der Waals surface area (Å²) in [4.78, 5) is 14.6. The number of nitro groups is 1. The fraction of sp³-hybridized carbons (Fsp3) is 0.263. The maximum absolute atomic E-state index is 10.9. The Morgan fingerprint density at radius 1 is 1.07 bits per heavy atom. The molecular weight excluding hydrogens is 348 g/mol. The number of rotatable bonds is 9. The molecule has 8 nitrogen and oxygen atoms in total. The zero-order chi connectivity index (χ0) is 19.1. The van der Waals surface area contributed by atoms with Crippen molar-refractivity contribution in [2.75, 3.05) is 13.2 Å². The molecule has 0 aliphatic rings. The van der Waals surface area contributed by atoms with E-state index in [1.807, 2.05) is 24.3 Å². The van der Waals surface area contributed by atoms with Crippen LogP contribution in [0.2, 0.25) is 0 Å². The highest BCUT2D eigenvalue weighted by molar-refractivity contribution is 5.58. The molecule has 3 rings (SSSR count). The third-order valence-electron chi connectivity index (χ3n) is 3.74. The van der Waals surface area contributed by atoms with Crippen molar-refractivity contribution in [3.05, 3.63) is 65.0 Å². The number of nitro benzene ring substituents is 1. The van der Waals surface area contributed by atoms with Crippen LogP contribution in [-0.2, 0) is 6.54 Å². The lowest BCUT2D eigenvalue weighted by Crippen LogP contribution is -2.08. The molecular formula is C19H20N4O4. The van der Waals surface area contributed by atoms with Gasteiger partial charge in [0.05, 0.1) is 18.1 Å². The van der Waals surface area contributed by atoms with Crippen molar-refractivity contribution in [1.82, 2.24) is 14.8 Å². The quantitative estimate of drug-likeness (QED) is 0.422. The van der Waals surface area contributed by atoms with E-state index in [2.05, 4.69) is 17.0 Å². The molecule has 0 aliphatic carbocycles. The van der Waals surface area contributed by atoms with Gasteiger partial charge in [-0.05, 0) is 30.7 Å². The van der Waals surface area contributed by atoms with Gasteiger partial charge in [-0.15, -0.1) is 0 Å². The fourth-order valence-electron chi connectivity index (χ4n) is 2.40. The Hall–Kier alpha value is -3.42. The predicted molar refractivity (Wildman–Crippen MR) is 99.8 cm³/mol. The van der Waals surface area contributed by atoms with E-state index in [0.29, 0.717) is 31.1 Å². The molecule has 0 saturated heterocycles. The maximum Gasteiger partial charge on any atom is 0.270 e. The third kappa shape index (κ3) is 5.04. The summed E-state index contributed by atoms with van der Waals surface area (Å²) >= 11 is 0. The molecule has 3 aromatic rings. The van der Waals surface area contributed by atoms with Crippen molar-refractivity contribution in [3.8, 4) is 22.9 Å². The Morgan fingerprint density at radius 3 is 2.44 bits per heavy atom. The van der Waals surface area contributed by atoms with E-state index in [0.717, 1.165) is 17.9 Å². The van der Waals surface area contributed by atoms with Crippen LogP contribution in [0.25, 0.3) is 11.4 Å². The normalized spacial score (nSPS) is 10.6. The Morgan fingerprint density at radius 2 is 1.78 bits per heavy atom. The summed E-state index contributed by atoms with van der Waals surface area (Å²) < 4.78 is 12.9. The summed E-state index contributed by atoms with van der Waals surface area (Å²) in [5, 5.41) is 15.2. The molecule has 27 heavy (non-hydrogen) atoms. The molecule has 0 aliphatic heterocycles. The zero-order valence-corrected chi connectivity index (χ0v) is 14.9. The highest BCUT2D eigenvalue weighted by Gasteiger charge is 2.10. The van der Waals surface area contributed by atoms with Gasteiger partial charge >= 0.3 is 0 Å². The summed E-state index contributed by atoms with van der Waals surface area (Å²) in [5.74, 6) is 2.01. The lowest BCUT2D eigenvalue weighted by atomic mass is 10.2. The Kier molecular flexibility index (Phi) is 5.98. The second-order valence-electron chi connectivity index (χ2n) is 5.81. The molecule has 2 aromatic carbocycles. The summed E-state index contributed by atoms with van der Waals surface area (Å²) in [7, 11) is 0. The number of benzene rings is 2. The van der Waals surface area contributed by atoms with Crippen LogP contribution in [0.15, 0.2) is 54.9 Å². The van der Waals surface area contributed by atoms with Crippen LogP contribution in [0.1, 0.15) is 13.3 Å². The van der Waals surface area contributed by atoms with Crippen LogP contribution in [0.5, 0.6) is 11.5 Å². The standard InChI is InChI=1S/C19H20N4O4/c1-2-11-26-17-6-8-18(9-7-17)27-12-10-22-14-20-19(21-22)15-4-3-5-16(13-15)23(24)25/h3-9,13-14H,2,10-12H2,1H3. The Bertz CT molecular complexity index is 893. The predicted octanol–water partition coefficient (Wildman–Crippen LogP) is 3.72. The van der Waals surface area contributed by atoms with Crippen molar-refractivity contribution in [2.45, 2.75) is 19.9 Å². The third-order valence-corrected chi connectivity index (χ3v) is 3.74. The first kappa shape index (κ1) is 18.4. The number of nitrogens with zero attached hydrogens (tertiary/aromatic N) is 4. The molecule has 8 heteroatoms. The maximum atomic E-state index is 10.9. The molecule has 0 amide bonds. The molecule has 0 atom stereocenters. The fourth-order valence-corrected chi connectivity index (χ4v) is 2.40. The second-order valence-corrected chi connectivity index (χ2v) is 5.81. The van der Waals surface area contributed by atoms with Gasteiger partial charge in [0.15, 0.2) is 5.82 Å². The van der Waals surface area contributed by atoms with E-state index >= 15 is 0 Å². The van der Waals surface area contributed by atoms with Crippen LogP contribution >= 0.6 is 0 Å². The van der Waals surface area contributed by atoms with E-state index in [-0.39, 0.29) is 5.69 Å². The number of non-ortho nitro benzene ring substituents is 1. The van der Waals surface area contributed by atoms with E-state index in [1.54, 1.807) is 23.1 Å². The van der Waals surface area contributed by atoms with Crippen LogP contribution in [0.4, 0.5) is 5.69 Å². The lowest BCUT2D eigenvalue weighted by molar-refractivity contribution is -0.384. The van der Waals surface area contributed by atoms with Crippen LogP contribution < -0.4 is 9.47 Å². The van der Waals surface area contributed by atoms with Gasteiger partial charge in [0.2, 0.25) is 0 Å². The highest BCUT2D eigenvalue weighted by atomic mass is 16.6. The average Bonchev–Trinajstić information content (AvgIpc) is 3.16. The van der Waals surface area contributed by atoms with Gasteiger partial charge in [0.25, 0.3) is 5.69 Å². The van der Waals surface area contributed by atoms with Gasteiger partial charge in [0, 0.05) is 17.7 Å². The van der Waals surface area contributed by atoms with Crippen LogP contribution in [-0.4, -0.2) is 32.9 Å². The molecule has 1 aromatic heterocycles. The summed E-state index contributed by atoms with van der Waals surface area (Å²) in [6.07, 6.45) is 2.55. The van der Waals surface area contributed by atoms with Crippen LogP contribution in [0, 0.1) is 10.1 Å². The van der Waals surface area contributed by atoms with Crippen molar-refractivity contribution >= 4 is 5.69 Å². The number of hydrogen-bond donors (Lipinski definition) is 0. The van der Waals surface area contributed by atoms with E-state index in [1.165, 1.54) is 12.1 Å². The summed E-state index contributed by atoms with van der Waals surface area (Å²) in [5.41, 5.74) is 0.616. The molecule has 0 saturated carbocycles. The molecule has 0 N–H and O–H groups in total. The van der Waals surface area contributed by atoms with Crippen molar-refractivity contribution in [2.24, 2.45) is 0 Å². The highest BCUT2D eigenvalue weighted by Crippen LogP contribution is 2.21. The van der Waals surface area contributed by atoms with Gasteiger partial charge in [0.1, 0.15) is 24.4 Å². The van der Waals surface area contributed by atoms with Crippen molar-refractivity contribution in [1.29, 1.82) is 0 Å². The first-order valence-corrected chi connectivity index (χ1v) is 8.65. The average molecular weight is 368 g/mol.